The van der Waals surface area contributed by atoms with Crippen LogP contribution in [0.25, 0.3) is 0 Å². The Morgan fingerprint density at radius 1 is 1.12 bits per heavy atom. The van der Waals surface area contributed by atoms with Crippen molar-refractivity contribution in [1.29, 1.82) is 0 Å². The van der Waals surface area contributed by atoms with E-state index in [2.05, 4.69) is 25.6 Å². The summed E-state index contributed by atoms with van der Waals surface area (Å²) in [5.41, 5.74) is -0.0762. The molecule has 3 rings (SSSR count). The number of anilines is 2. The zero-order valence-corrected chi connectivity index (χ0v) is 13.7. The van der Waals surface area contributed by atoms with Crippen LogP contribution in [0.4, 0.5) is 24.9 Å². The molecule has 0 bridgehead atoms. The number of nitrogens with zero attached hydrogens (tertiary/aromatic N) is 3. The Morgan fingerprint density at radius 2 is 1.92 bits per heavy atom. The van der Waals surface area contributed by atoms with Crippen molar-refractivity contribution < 1.29 is 13.2 Å². The van der Waals surface area contributed by atoms with Gasteiger partial charge in [0.25, 0.3) is 0 Å². The van der Waals surface area contributed by atoms with Crippen LogP contribution < -0.4 is 10.6 Å². The van der Waals surface area contributed by atoms with Gasteiger partial charge in [-0.25, -0.2) is 4.98 Å². The van der Waals surface area contributed by atoms with Gasteiger partial charge in [0.15, 0.2) is 5.69 Å². The minimum atomic E-state index is -4.51. The summed E-state index contributed by atoms with van der Waals surface area (Å²) in [5.74, 6) is 0.195. The quantitative estimate of drug-likeness (QED) is 0.826. The average Bonchev–Trinajstić information content (AvgIpc) is 3.08. The summed E-state index contributed by atoms with van der Waals surface area (Å²) in [4.78, 5) is 12.0. The van der Waals surface area contributed by atoms with E-state index in [1.807, 2.05) is 18.2 Å². The lowest BCUT2D eigenvalue weighted by Gasteiger charge is -2.15. The first-order valence-corrected chi connectivity index (χ1v) is 8.37. The Hall–Kier alpha value is -2.38. The third-order valence-electron chi connectivity index (χ3n) is 4.12. The minimum Gasteiger partial charge on any atom is -0.370 e. The molecule has 0 spiro atoms. The maximum atomic E-state index is 13.1. The van der Waals surface area contributed by atoms with Gasteiger partial charge >= 0.3 is 6.18 Å². The van der Waals surface area contributed by atoms with Crippen molar-refractivity contribution in [2.24, 2.45) is 0 Å². The summed E-state index contributed by atoms with van der Waals surface area (Å²) < 4.78 is 39.3. The van der Waals surface area contributed by atoms with E-state index in [1.54, 1.807) is 6.20 Å². The van der Waals surface area contributed by atoms with Gasteiger partial charge in [0.1, 0.15) is 5.82 Å². The molecule has 0 radical (unpaired) electrons. The summed E-state index contributed by atoms with van der Waals surface area (Å²) in [7, 11) is 0. The summed E-state index contributed by atoms with van der Waals surface area (Å²) in [5, 5.41) is 5.97. The van der Waals surface area contributed by atoms with Crippen molar-refractivity contribution >= 4 is 11.8 Å². The highest BCUT2D eigenvalue weighted by Crippen LogP contribution is 2.30. The molecule has 0 aliphatic heterocycles. The maximum absolute atomic E-state index is 13.1. The van der Waals surface area contributed by atoms with E-state index in [0.29, 0.717) is 13.0 Å². The van der Waals surface area contributed by atoms with Crippen molar-refractivity contribution in [3.8, 4) is 0 Å². The molecule has 25 heavy (non-hydrogen) atoms. The minimum absolute atomic E-state index is 0.0297. The van der Waals surface area contributed by atoms with E-state index in [-0.39, 0.29) is 17.8 Å². The molecule has 0 aromatic carbocycles. The summed E-state index contributed by atoms with van der Waals surface area (Å²) in [6.45, 7) is 0.439. The lowest BCUT2D eigenvalue weighted by molar-refractivity contribution is -0.141. The Morgan fingerprint density at radius 3 is 2.60 bits per heavy atom. The molecule has 0 amide bonds. The average molecular weight is 351 g/mol. The van der Waals surface area contributed by atoms with Crippen LogP contribution in [0.2, 0.25) is 0 Å². The molecule has 0 unspecified atom stereocenters. The Balaban J connectivity index is 1.70. The molecule has 1 aliphatic rings. The number of pyridine rings is 1. The van der Waals surface area contributed by atoms with Gasteiger partial charge in [0, 0.05) is 37.0 Å². The van der Waals surface area contributed by atoms with E-state index in [9.17, 15) is 13.2 Å². The predicted molar refractivity (Wildman–Crippen MR) is 89.3 cm³/mol. The molecule has 5 nitrogen and oxygen atoms in total. The van der Waals surface area contributed by atoms with Crippen LogP contribution in [0.3, 0.4) is 0 Å². The molecular formula is C17H20F3N5. The number of hydrogen-bond donors (Lipinski definition) is 2. The molecule has 0 atom stereocenters. The fourth-order valence-electron chi connectivity index (χ4n) is 2.86. The molecule has 8 heteroatoms. The number of alkyl halides is 3. The molecule has 0 saturated heterocycles. The normalized spacial score (nSPS) is 15.3. The zero-order chi connectivity index (χ0) is 17.7. The van der Waals surface area contributed by atoms with Crippen LogP contribution in [0, 0.1) is 0 Å². The van der Waals surface area contributed by atoms with Gasteiger partial charge in [-0.05, 0) is 25.0 Å². The van der Waals surface area contributed by atoms with Gasteiger partial charge in [-0.2, -0.15) is 18.2 Å². The van der Waals surface area contributed by atoms with Gasteiger partial charge in [-0.3, -0.25) is 4.98 Å². The van der Waals surface area contributed by atoms with Crippen LogP contribution >= 0.6 is 0 Å². The Bertz CT molecular complexity index is 684. The predicted octanol–water partition coefficient (Wildman–Crippen LogP) is 3.90. The molecule has 1 fully saturated rings. The van der Waals surface area contributed by atoms with E-state index >= 15 is 0 Å². The van der Waals surface area contributed by atoms with Crippen LogP contribution in [0.1, 0.15) is 37.1 Å². The van der Waals surface area contributed by atoms with Gasteiger partial charge in [-0.1, -0.05) is 18.9 Å². The highest BCUT2D eigenvalue weighted by atomic mass is 19.4. The highest BCUT2D eigenvalue weighted by molar-refractivity contribution is 5.43. The fourth-order valence-corrected chi connectivity index (χ4v) is 2.86. The van der Waals surface area contributed by atoms with Crippen LogP contribution in [0.15, 0.2) is 30.5 Å². The van der Waals surface area contributed by atoms with Gasteiger partial charge in [0.2, 0.25) is 5.95 Å². The van der Waals surface area contributed by atoms with Gasteiger partial charge < -0.3 is 10.6 Å². The van der Waals surface area contributed by atoms with Crippen molar-refractivity contribution in [1.82, 2.24) is 15.0 Å². The number of rotatable bonds is 6. The second kappa shape index (κ2) is 7.67. The van der Waals surface area contributed by atoms with E-state index in [1.165, 1.54) is 0 Å². The standard InChI is InChI=1S/C17H20F3N5/c18-17(19,20)14-11-15(22-10-8-12-5-3-4-9-21-12)25-16(24-14)23-13-6-1-2-7-13/h3-5,9,11,13H,1-2,6-8,10H2,(H2,22,23,24,25). The topological polar surface area (TPSA) is 62.7 Å². The molecule has 2 N–H and O–H groups in total. The summed E-state index contributed by atoms with van der Waals surface area (Å²) >= 11 is 0. The third kappa shape index (κ3) is 5.04. The second-order valence-corrected chi connectivity index (χ2v) is 6.08. The van der Waals surface area contributed by atoms with E-state index < -0.39 is 11.9 Å². The molecular weight excluding hydrogens is 331 g/mol. The number of aromatic nitrogens is 3. The van der Waals surface area contributed by atoms with E-state index in [0.717, 1.165) is 37.4 Å². The Kier molecular flexibility index (Phi) is 5.35. The molecule has 134 valence electrons. The molecule has 1 aliphatic carbocycles. The first-order valence-electron chi connectivity index (χ1n) is 8.37. The number of hydrogen-bond acceptors (Lipinski definition) is 5. The summed E-state index contributed by atoms with van der Waals surface area (Å²) in [6.07, 6.45) is 1.79. The van der Waals surface area contributed by atoms with Crippen molar-refractivity contribution in [2.45, 2.75) is 44.3 Å². The molecule has 2 aromatic heterocycles. The Labute approximate surface area is 144 Å². The number of nitrogens with one attached hydrogen (secondary N) is 2. The van der Waals surface area contributed by atoms with Crippen LogP contribution in [-0.2, 0) is 12.6 Å². The summed E-state index contributed by atoms with van der Waals surface area (Å²) in [6, 6.07) is 6.65. The van der Waals surface area contributed by atoms with Crippen molar-refractivity contribution in [3.63, 3.8) is 0 Å². The zero-order valence-electron chi connectivity index (χ0n) is 13.7. The van der Waals surface area contributed by atoms with Crippen LogP contribution in [-0.4, -0.2) is 27.5 Å². The lowest BCUT2D eigenvalue weighted by atomic mass is 10.2. The molecule has 2 aromatic rings. The first kappa shape index (κ1) is 17.4. The largest absolute Gasteiger partial charge is 0.433 e. The fraction of sp³-hybridized carbons (Fsp3) is 0.471. The van der Waals surface area contributed by atoms with Gasteiger partial charge in [-0.15, -0.1) is 0 Å². The monoisotopic (exact) mass is 351 g/mol. The molecule has 1 saturated carbocycles. The van der Waals surface area contributed by atoms with Crippen molar-refractivity contribution in [3.05, 3.63) is 41.9 Å². The third-order valence-corrected chi connectivity index (χ3v) is 4.12. The van der Waals surface area contributed by atoms with Crippen LogP contribution in [0.5, 0.6) is 0 Å². The lowest BCUT2D eigenvalue weighted by Crippen LogP contribution is -2.20. The number of halogens is 3. The highest BCUT2D eigenvalue weighted by Gasteiger charge is 2.34. The SMILES string of the molecule is FC(F)(F)c1cc(NCCc2ccccn2)nc(NC2CCCC2)n1. The van der Waals surface area contributed by atoms with E-state index in [4.69, 9.17) is 0 Å². The second-order valence-electron chi connectivity index (χ2n) is 6.08. The van der Waals surface area contributed by atoms with Crippen molar-refractivity contribution in [2.75, 3.05) is 17.2 Å². The molecule has 2 heterocycles. The smallest absolute Gasteiger partial charge is 0.370 e. The van der Waals surface area contributed by atoms with Gasteiger partial charge in [0.05, 0.1) is 0 Å². The first-order chi connectivity index (χ1) is 12.0. The maximum Gasteiger partial charge on any atom is 0.433 e.